The Kier molecular flexibility index (Phi) is 3.05. The Balaban J connectivity index is 1.92. The van der Waals surface area contributed by atoms with Gasteiger partial charge >= 0.3 is 0 Å². The van der Waals surface area contributed by atoms with Gasteiger partial charge in [-0.2, -0.15) is 16.7 Å². The van der Waals surface area contributed by atoms with Crippen LogP contribution in [0.1, 0.15) is 11.8 Å². The molecule has 1 fully saturated rings. The number of aromatic nitrogens is 2. The van der Waals surface area contributed by atoms with E-state index in [4.69, 9.17) is 4.52 Å². The number of hydrogen-bond acceptors (Lipinski definition) is 5. The highest BCUT2D eigenvalue weighted by Gasteiger charge is 2.32. The number of rotatable bonds is 2. The Hall–Kier alpha value is -1.40. The molecule has 2 heterocycles. The lowest BCUT2D eigenvalue weighted by Crippen LogP contribution is -2.15. The van der Waals surface area contributed by atoms with E-state index in [2.05, 4.69) is 10.1 Å². The normalized spacial score (nSPS) is 23.4. The molecule has 6 heteroatoms. The van der Waals surface area contributed by atoms with E-state index < -0.39 is 6.10 Å². The number of halogens is 1. The minimum Gasteiger partial charge on any atom is -0.391 e. The standard InChI is InChI=1S/C12H11FN2O2S/c13-9-4-2-1-3-7(9)11-14-12(17-15-11)8-5-18-6-10(8)16/h1-4,8,10,16H,5-6H2. The maximum Gasteiger partial charge on any atom is 0.233 e. The SMILES string of the molecule is OC1CSCC1c1nc(-c2ccccc2F)no1. The summed E-state index contributed by atoms with van der Waals surface area (Å²) in [4.78, 5) is 4.18. The minimum atomic E-state index is -0.469. The summed E-state index contributed by atoms with van der Waals surface area (Å²) in [5, 5.41) is 13.5. The summed E-state index contributed by atoms with van der Waals surface area (Å²) in [5.74, 6) is 1.49. The van der Waals surface area contributed by atoms with Gasteiger partial charge in [-0.15, -0.1) is 0 Å². The molecule has 1 aliphatic heterocycles. The molecule has 0 radical (unpaired) electrons. The second-order valence-corrected chi connectivity index (χ2v) is 5.22. The zero-order chi connectivity index (χ0) is 12.5. The molecule has 1 aliphatic rings. The van der Waals surface area contributed by atoms with Crippen molar-refractivity contribution < 1.29 is 14.0 Å². The van der Waals surface area contributed by atoms with Crippen LogP contribution in [-0.4, -0.2) is 32.9 Å². The molecule has 94 valence electrons. The fourth-order valence-electron chi connectivity index (χ4n) is 1.92. The molecule has 1 saturated heterocycles. The molecule has 0 spiro atoms. The number of benzene rings is 1. The van der Waals surface area contributed by atoms with Crippen LogP contribution >= 0.6 is 11.8 Å². The number of aliphatic hydroxyl groups excluding tert-OH is 1. The lowest BCUT2D eigenvalue weighted by atomic mass is 10.1. The van der Waals surface area contributed by atoms with Crippen molar-refractivity contribution >= 4 is 11.8 Å². The third-order valence-electron chi connectivity index (χ3n) is 2.92. The second kappa shape index (κ2) is 4.70. The Morgan fingerprint density at radius 1 is 1.33 bits per heavy atom. The van der Waals surface area contributed by atoms with E-state index in [1.807, 2.05) is 0 Å². The van der Waals surface area contributed by atoms with Gasteiger partial charge in [0.1, 0.15) is 5.82 Å². The van der Waals surface area contributed by atoms with Crippen LogP contribution in [0, 0.1) is 5.82 Å². The first kappa shape index (κ1) is 11.7. The molecule has 0 aliphatic carbocycles. The average molecular weight is 266 g/mol. The number of nitrogens with zero attached hydrogens (tertiary/aromatic N) is 2. The van der Waals surface area contributed by atoms with Gasteiger partial charge in [-0.25, -0.2) is 4.39 Å². The van der Waals surface area contributed by atoms with Gasteiger partial charge in [-0.3, -0.25) is 0 Å². The molecule has 0 amide bonds. The summed E-state index contributed by atoms with van der Waals surface area (Å²) >= 11 is 1.64. The highest BCUT2D eigenvalue weighted by Crippen LogP contribution is 2.32. The molecule has 1 aromatic carbocycles. The van der Waals surface area contributed by atoms with E-state index in [9.17, 15) is 9.50 Å². The van der Waals surface area contributed by atoms with Crippen molar-refractivity contribution in [1.29, 1.82) is 0 Å². The summed E-state index contributed by atoms with van der Waals surface area (Å²) in [6.07, 6.45) is -0.469. The topological polar surface area (TPSA) is 59.2 Å². The molecular weight excluding hydrogens is 255 g/mol. The zero-order valence-electron chi connectivity index (χ0n) is 9.41. The first-order chi connectivity index (χ1) is 8.75. The van der Waals surface area contributed by atoms with E-state index in [1.165, 1.54) is 6.07 Å². The highest BCUT2D eigenvalue weighted by molar-refractivity contribution is 7.99. The summed E-state index contributed by atoms with van der Waals surface area (Å²) in [7, 11) is 0. The Morgan fingerprint density at radius 3 is 2.89 bits per heavy atom. The number of thioether (sulfide) groups is 1. The largest absolute Gasteiger partial charge is 0.391 e. The first-order valence-corrected chi connectivity index (χ1v) is 6.75. The van der Waals surface area contributed by atoms with Crippen molar-refractivity contribution in [2.75, 3.05) is 11.5 Å². The minimum absolute atomic E-state index is 0.150. The molecule has 2 aromatic rings. The van der Waals surface area contributed by atoms with Crippen molar-refractivity contribution in [3.8, 4) is 11.4 Å². The van der Waals surface area contributed by atoms with Crippen molar-refractivity contribution in [2.45, 2.75) is 12.0 Å². The second-order valence-electron chi connectivity index (χ2n) is 4.15. The van der Waals surface area contributed by atoms with Gasteiger partial charge in [0.25, 0.3) is 0 Å². The summed E-state index contributed by atoms with van der Waals surface area (Å²) < 4.78 is 18.7. The lowest BCUT2D eigenvalue weighted by Gasteiger charge is -2.06. The summed E-state index contributed by atoms with van der Waals surface area (Å²) in [6, 6.07) is 6.28. The summed E-state index contributed by atoms with van der Waals surface area (Å²) in [5.41, 5.74) is 0.313. The van der Waals surface area contributed by atoms with Crippen molar-refractivity contribution in [3.05, 3.63) is 36.0 Å². The zero-order valence-corrected chi connectivity index (χ0v) is 10.2. The Labute approximate surface area is 107 Å². The van der Waals surface area contributed by atoms with Crippen LogP contribution in [0.3, 0.4) is 0 Å². The quantitative estimate of drug-likeness (QED) is 0.901. The van der Waals surface area contributed by atoms with Gasteiger partial charge in [0, 0.05) is 11.5 Å². The molecule has 1 aromatic heterocycles. The highest BCUT2D eigenvalue weighted by atomic mass is 32.2. The van der Waals surface area contributed by atoms with Gasteiger partial charge in [0.05, 0.1) is 17.6 Å². The summed E-state index contributed by atoms with van der Waals surface area (Å²) in [6.45, 7) is 0. The molecule has 0 saturated carbocycles. The predicted octanol–water partition coefficient (Wildman–Crippen LogP) is 2.07. The number of aliphatic hydroxyl groups is 1. The van der Waals surface area contributed by atoms with Gasteiger partial charge in [0.2, 0.25) is 11.7 Å². The van der Waals surface area contributed by atoms with Gasteiger partial charge in [-0.05, 0) is 12.1 Å². The molecule has 2 unspecified atom stereocenters. The van der Waals surface area contributed by atoms with E-state index in [0.29, 0.717) is 17.2 Å². The predicted molar refractivity (Wildman–Crippen MR) is 65.8 cm³/mol. The third-order valence-corrected chi connectivity index (χ3v) is 4.10. The molecule has 2 atom stereocenters. The van der Waals surface area contributed by atoms with Gasteiger partial charge in [-0.1, -0.05) is 17.3 Å². The van der Waals surface area contributed by atoms with Gasteiger partial charge in [0.15, 0.2) is 0 Å². The van der Waals surface area contributed by atoms with E-state index >= 15 is 0 Å². The maximum absolute atomic E-state index is 13.6. The van der Waals surface area contributed by atoms with Gasteiger partial charge < -0.3 is 9.63 Å². The Bertz CT molecular complexity index is 561. The van der Waals surface area contributed by atoms with Crippen LogP contribution in [0.25, 0.3) is 11.4 Å². The molecular formula is C12H11FN2O2S. The average Bonchev–Trinajstić information content (AvgIpc) is 2.98. The van der Waals surface area contributed by atoms with Crippen LogP contribution in [0.15, 0.2) is 28.8 Å². The third kappa shape index (κ3) is 2.02. The molecule has 18 heavy (non-hydrogen) atoms. The Morgan fingerprint density at radius 2 is 2.17 bits per heavy atom. The molecule has 0 bridgehead atoms. The van der Waals surface area contributed by atoms with Crippen LogP contribution in [-0.2, 0) is 0 Å². The molecule has 3 rings (SSSR count). The van der Waals surface area contributed by atoms with Crippen molar-refractivity contribution in [2.24, 2.45) is 0 Å². The van der Waals surface area contributed by atoms with Crippen LogP contribution in [0.5, 0.6) is 0 Å². The lowest BCUT2D eigenvalue weighted by molar-refractivity contribution is 0.164. The monoisotopic (exact) mass is 266 g/mol. The van der Waals surface area contributed by atoms with E-state index in [-0.39, 0.29) is 17.6 Å². The van der Waals surface area contributed by atoms with Crippen molar-refractivity contribution in [3.63, 3.8) is 0 Å². The number of hydrogen-bond donors (Lipinski definition) is 1. The maximum atomic E-state index is 13.6. The first-order valence-electron chi connectivity index (χ1n) is 5.60. The fraction of sp³-hybridized carbons (Fsp3) is 0.333. The van der Waals surface area contributed by atoms with Crippen LogP contribution in [0.4, 0.5) is 4.39 Å². The molecule has 1 N–H and O–H groups in total. The molecule has 4 nitrogen and oxygen atoms in total. The van der Waals surface area contributed by atoms with E-state index in [0.717, 1.165) is 5.75 Å². The van der Waals surface area contributed by atoms with Crippen LogP contribution in [0.2, 0.25) is 0 Å². The fourth-order valence-corrected chi connectivity index (χ4v) is 3.15. The van der Waals surface area contributed by atoms with Crippen molar-refractivity contribution in [1.82, 2.24) is 10.1 Å². The van der Waals surface area contributed by atoms with E-state index in [1.54, 1.807) is 30.0 Å². The smallest absolute Gasteiger partial charge is 0.233 e. The van der Waals surface area contributed by atoms with Crippen LogP contribution < -0.4 is 0 Å².